The van der Waals surface area contributed by atoms with Crippen molar-refractivity contribution in [2.45, 2.75) is 0 Å². The first kappa shape index (κ1) is 18.7. The minimum Gasteiger partial charge on any atom is -0.324 e. The number of amides is 1. The van der Waals surface area contributed by atoms with E-state index in [1.807, 2.05) is 24.3 Å². The fourth-order valence-electron chi connectivity index (χ4n) is 2.60. The standard InChI is InChI=1S/C19H12BrCl2N5O/c20-11-2-4-12(5-3-11)24-18(28)10-1-6-15-16(7-10)26-19(25-15)27-17-13(21)8-23-9-14(17)22/h1-9H,(H,24,28)(H2,23,25,26,27). The number of carbonyl (C=O) groups excluding carboxylic acids is 1. The molecule has 0 bridgehead atoms. The molecule has 0 spiro atoms. The second-order valence-corrected chi connectivity index (χ2v) is 7.61. The van der Waals surface area contributed by atoms with Crippen molar-refractivity contribution in [3.8, 4) is 0 Å². The van der Waals surface area contributed by atoms with Gasteiger partial charge in [-0.25, -0.2) is 4.98 Å². The number of nitrogens with one attached hydrogen (secondary N) is 3. The highest BCUT2D eigenvalue weighted by Gasteiger charge is 2.12. The number of rotatable bonds is 4. The van der Waals surface area contributed by atoms with Gasteiger partial charge in [0.25, 0.3) is 5.91 Å². The molecule has 2 aromatic heterocycles. The predicted molar refractivity (Wildman–Crippen MR) is 116 cm³/mol. The average molecular weight is 477 g/mol. The Kier molecular flexibility index (Phi) is 5.21. The summed E-state index contributed by atoms with van der Waals surface area (Å²) in [5.74, 6) is 0.240. The summed E-state index contributed by atoms with van der Waals surface area (Å²) in [5.41, 5.74) is 3.12. The minimum atomic E-state index is -0.214. The van der Waals surface area contributed by atoms with Gasteiger partial charge in [0.15, 0.2) is 0 Å². The van der Waals surface area contributed by atoms with Crippen molar-refractivity contribution in [3.63, 3.8) is 0 Å². The highest BCUT2D eigenvalue weighted by atomic mass is 79.9. The number of carbonyl (C=O) groups is 1. The van der Waals surface area contributed by atoms with Crippen molar-refractivity contribution in [1.29, 1.82) is 0 Å². The summed E-state index contributed by atoms with van der Waals surface area (Å²) in [7, 11) is 0. The number of hydrogen-bond donors (Lipinski definition) is 3. The molecule has 0 aliphatic heterocycles. The van der Waals surface area contributed by atoms with Crippen LogP contribution in [0.15, 0.2) is 59.3 Å². The van der Waals surface area contributed by atoms with E-state index in [-0.39, 0.29) is 5.91 Å². The maximum absolute atomic E-state index is 12.5. The zero-order chi connectivity index (χ0) is 19.7. The van der Waals surface area contributed by atoms with Crippen LogP contribution in [-0.2, 0) is 0 Å². The van der Waals surface area contributed by atoms with E-state index in [0.29, 0.717) is 44.0 Å². The number of fused-ring (bicyclic) bond motifs is 1. The Hall–Kier alpha value is -2.61. The van der Waals surface area contributed by atoms with Crippen LogP contribution in [0.25, 0.3) is 11.0 Å². The molecule has 6 nitrogen and oxygen atoms in total. The fraction of sp³-hybridized carbons (Fsp3) is 0. The Labute approximate surface area is 178 Å². The second-order valence-electron chi connectivity index (χ2n) is 5.88. The lowest BCUT2D eigenvalue weighted by Gasteiger charge is -2.06. The summed E-state index contributed by atoms with van der Waals surface area (Å²) < 4.78 is 0.943. The zero-order valence-electron chi connectivity index (χ0n) is 14.1. The minimum absolute atomic E-state index is 0.214. The molecule has 0 saturated heterocycles. The molecule has 0 aliphatic carbocycles. The van der Waals surface area contributed by atoms with Crippen LogP contribution >= 0.6 is 39.1 Å². The van der Waals surface area contributed by atoms with E-state index in [0.717, 1.165) is 4.47 Å². The van der Waals surface area contributed by atoms with Crippen LogP contribution in [0.4, 0.5) is 17.3 Å². The van der Waals surface area contributed by atoms with Gasteiger partial charge in [0.05, 0.1) is 26.8 Å². The third-order valence-corrected chi connectivity index (χ3v) is 5.04. The number of H-pyrrole nitrogens is 1. The lowest BCUT2D eigenvalue weighted by molar-refractivity contribution is 0.102. The Bertz CT molecular complexity index is 1160. The first-order valence-electron chi connectivity index (χ1n) is 8.12. The lowest BCUT2D eigenvalue weighted by atomic mass is 10.2. The summed E-state index contributed by atoms with van der Waals surface area (Å²) in [6.07, 6.45) is 2.98. The first-order valence-corrected chi connectivity index (χ1v) is 9.67. The molecule has 9 heteroatoms. The number of aromatic nitrogens is 3. The van der Waals surface area contributed by atoms with Crippen LogP contribution in [0.1, 0.15) is 10.4 Å². The van der Waals surface area contributed by atoms with Crippen molar-refractivity contribution in [1.82, 2.24) is 15.0 Å². The molecule has 0 atom stereocenters. The van der Waals surface area contributed by atoms with Gasteiger partial charge < -0.3 is 15.6 Å². The average Bonchev–Trinajstić information content (AvgIpc) is 3.08. The third kappa shape index (κ3) is 3.96. The maximum atomic E-state index is 12.5. The Balaban J connectivity index is 1.57. The molecule has 0 unspecified atom stereocenters. The van der Waals surface area contributed by atoms with Crippen LogP contribution in [0.3, 0.4) is 0 Å². The Morgan fingerprint density at radius 1 is 1.04 bits per heavy atom. The Morgan fingerprint density at radius 2 is 1.75 bits per heavy atom. The molecule has 1 amide bonds. The molecule has 0 aliphatic rings. The van der Waals surface area contributed by atoms with E-state index in [1.165, 1.54) is 12.4 Å². The molecule has 0 saturated carbocycles. The van der Waals surface area contributed by atoms with Crippen molar-refractivity contribution in [2.75, 3.05) is 10.6 Å². The second kappa shape index (κ2) is 7.79. The summed E-state index contributed by atoms with van der Waals surface area (Å²) >= 11 is 15.6. The number of nitrogens with zero attached hydrogens (tertiary/aromatic N) is 2. The molecule has 2 aromatic carbocycles. The zero-order valence-corrected chi connectivity index (χ0v) is 17.2. The largest absolute Gasteiger partial charge is 0.324 e. The molecule has 2 heterocycles. The maximum Gasteiger partial charge on any atom is 0.255 e. The summed E-state index contributed by atoms with van der Waals surface area (Å²) in [4.78, 5) is 24.0. The quantitative estimate of drug-likeness (QED) is 0.336. The smallest absolute Gasteiger partial charge is 0.255 e. The van der Waals surface area contributed by atoms with Crippen LogP contribution < -0.4 is 10.6 Å². The van der Waals surface area contributed by atoms with E-state index in [1.54, 1.807) is 18.2 Å². The number of anilines is 3. The van der Waals surface area contributed by atoms with Crippen LogP contribution in [0.5, 0.6) is 0 Å². The molecule has 3 N–H and O–H groups in total. The van der Waals surface area contributed by atoms with Crippen molar-refractivity contribution < 1.29 is 4.79 Å². The number of imidazole rings is 1. The molecular weight excluding hydrogens is 465 g/mol. The van der Waals surface area contributed by atoms with Gasteiger partial charge in [-0.05, 0) is 42.5 Å². The lowest BCUT2D eigenvalue weighted by Crippen LogP contribution is -2.11. The van der Waals surface area contributed by atoms with Gasteiger partial charge >= 0.3 is 0 Å². The SMILES string of the molecule is O=C(Nc1ccc(Br)cc1)c1ccc2nc(Nc3c(Cl)cncc3Cl)[nH]c2c1. The molecule has 140 valence electrons. The first-order chi connectivity index (χ1) is 13.5. The number of hydrogen-bond acceptors (Lipinski definition) is 4. The van der Waals surface area contributed by atoms with Gasteiger partial charge in [-0.1, -0.05) is 39.1 Å². The van der Waals surface area contributed by atoms with E-state index in [9.17, 15) is 4.79 Å². The molecule has 0 radical (unpaired) electrons. The summed E-state index contributed by atoms with van der Waals surface area (Å²) in [5, 5.41) is 6.66. The highest BCUT2D eigenvalue weighted by Crippen LogP contribution is 2.31. The number of benzene rings is 2. The van der Waals surface area contributed by atoms with Gasteiger partial charge in [0.2, 0.25) is 5.95 Å². The van der Waals surface area contributed by atoms with Crippen molar-refractivity contribution in [3.05, 3.63) is 74.9 Å². The summed E-state index contributed by atoms with van der Waals surface area (Å²) in [6.45, 7) is 0. The topological polar surface area (TPSA) is 82.7 Å². The van der Waals surface area contributed by atoms with Gasteiger partial charge in [-0.3, -0.25) is 9.78 Å². The molecule has 4 rings (SSSR count). The number of aromatic amines is 1. The Morgan fingerprint density at radius 3 is 2.46 bits per heavy atom. The van der Waals surface area contributed by atoms with E-state index < -0.39 is 0 Å². The molecule has 28 heavy (non-hydrogen) atoms. The summed E-state index contributed by atoms with van der Waals surface area (Å²) in [6, 6.07) is 12.6. The fourth-order valence-corrected chi connectivity index (χ4v) is 3.32. The third-order valence-electron chi connectivity index (χ3n) is 3.94. The van der Waals surface area contributed by atoms with E-state index in [2.05, 4.69) is 41.5 Å². The van der Waals surface area contributed by atoms with Gasteiger partial charge in [-0.15, -0.1) is 0 Å². The van der Waals surface area contributed by atoms with Crippen molar-refractivity contribution in [2.24, 2.45) is 0 Å². The highest BCUT2D eigenvalue weighted by molar-refractivity contribution is 9.10. The van der Waals surface area contributed by atoms with E-state index in [4.69, 9.17) is 23.2 Å². The van der Waals surface area contributed by atoms with Gasteiger partial charge in [0, 0.05) is 28.1 Å². The predicted octanol–water partition coefficient (Wildman–Crippen LogP) is 6.02. The number of pyridine rings is 1. The molecule has 0 fully saturated rings. The van der Waals surface area contributed by atoms with Crippen molar-refractivity contribution >= 4 is 73.4 Å². The number of halogens is 3. The monoisotopic (exact) mass is 475 g/mol. The van der Waals surface area contributed by atoms with Crippen LogP contribution in [0.2, 0.25) is 10.0 Å². The van der Waals surface area contributed by atoms with Gasteiger partial charge in [-0.2, -0.15) is 0 Å². The van der Waals surface area contributed by atoms with Crippen LogP contribution in [0, 0.1) is 0 Å². The van der Waals surface area contributed by atoms with E-state index >= 15 is 0 Å². The molecule has 4 aromatic rings. The van der Waals surface area contributed by atoms with Crippen LogP contribution in [-0.4, -0.2) is 20.9 Å². The van der Waals surface area contributed by atoms with Gasteiger partial charge in [0.1, 0.15) is 0 Å². The normalized spacial score (nSPS) is 10.8. The molecular formula is C19H12BrCl2N5O.